The number of carboxylic acids is 1. The molecule has 0 aromatic heterocycles. The number of carbonyl (C=O) groups excluding carboxylic acids is 1. The highest BCUT2D eigenvalue weighted by molar-refractivity contribution is 5.75. The molecular weight excluding hydrogens is 268 g/mol. The minimum absolute atomic E-state index is 0. The summed E-state index contributed by atoms with van der Waals surface area (Å²) < 4.78 is 5.16. The van der Waals surface area contributed by atoms with E-state index in [-0.39, 0.29) is 41.3 Å². The molecule has 0 fully saturated rings. The van der Waals surface area contributed by atoms with E-state index in [2.05, 4.69) is 0 Å². The lowest BCUT2D eigenvalue weighted by molar-refractivity contribution is -0.164. The van der Waals surface area contributed by atoms with Gasteiger partial charge in [-0.3, -0.25) is 9.59 Å². The van der Waals surface area contributed by atoms with Gasteiger partial charge in [-0.25, -0.2) is 0 Å². The van der Waals surface area contributed by atoms with Crippen molar-refractivity contribution in [3.05, 3.63) is 0 Å². The van der Waals surface area contributed by atoms with E-state index >= 15 is 0 Å². The second-order valence-electron chi connectivity index (χ2n) is 5.27. The molecule has 0 aliphatic rings. The molecule has 0 bridgehead atoms. The van der Waals surface area contributed by atoms with Gasteiger partial charge >= 0.3 is 5.97 Å². The van der Waals surface area contributed by atoms with Crippen LogP contribution in [0, 0.1) is 5.41 Å². The number of carbonyl (C=O) groups is 2. The first-order valence-corrected chi connectivity index (χ1v) is 5.79. The lowest BCUT2D eigenvalue weighted by Crippen LogP contribution is -2.31. The van der Waals surface area contributed by atoms with Gasteiger partial charge in [-0.1, -0.05) is 43.6 Å². The maximum absolute atomic E-state index is 11.3. The van der Waals surface area contributed by atoms with Crippen molar-refractivity contribution >= 4 is 11.9 Å². The van der Waals surface area contributed by atoms with E-state index < -0.39 is 11.4 Å². The summed E-state index contributed by atoms with van der Waals surface area (Å²) >= 11 is 0. The number of esters is 1. The predicted molar refractivity (Wildman–Crippen MR) is 96.9 cm³/mol. The van der Waals surface area contributed by atoms with Crippen molar-refractivity contribution < 1.29 is 19.4 Å². The molecule has 0 saturated heterocycles. The van der Waals surface area contributed by atoms with Crippen molar-refractivity contribution in [2.45, 2.75) is 97.6 Å². The SMILES string of the molecule is C.C.C.C.CC.CC(=O)O.CC(C)(C)OC(=O)C(C)(C)C. The standard InChI is InChI=1S/C9H18O2.C2H4O2.C2H6.4CH4/c1-8(2,3)7(10)11-9(4,5)6;1-2(3)4;1-2;;;;/h1-6H3;1H3,(H,3,4);1-2H3;4*1H4. The van der Waals surface area contributed by atoms with Crippen LogP contribution in [0.1, 0.15) is 92.0 Å². The van der Waals surface area contributed by atoms with Gasteiger partial charge in [0.1, 0.15) is 5.60 Å². The Morgan fingerprint density at radius 3 is 1.05 bits per heavy atom. The first-order valence-electron chi connectivity index (χ1n) is 5.79. The van der Waals surface area contributed by atoms with Crippen LogP contribution in [0.15, 0.2) is 0 Å². The third-order valence-electron chi connectivity index (χ3n) is 1.01. The fraction of sp³-hybridized carbons (Fsp3) is 0.882. The fourth-order valence-corrected chi connectivity index (χ4v) is 0.431. The summed E-state index contributed by atoms with van der Waals surface area (Å²) in [7, 11) is 0. The minimum Gasteiger partial charge on any atom is -0.481 e. The Bertz CT molecular complexity index is 216. The van der Waals surface area contributed by atoms with E-state index in [1.54, 1.807) is 0 Å². The van der Waals surface area contributed by atoms with Gasteiger partial charge in [-0.05, 0) is 41.5 Å². The van der Waals surface area contributed by atoms with Crippen molar-refractivity contribution in [3.8, 4) is 0 Å². The first kappa shape index (κ1) is 42.7. The van der Waals surface area contributed by atoms with Crippen molar-refractivity contribution in [1.82, 2.24) is 0 Å². The Morgan fingerprint density at radius 2 is 1.00 bits per heavy atom. The highest BCUT2D eigenvalue weighted by atomic mass is 16.6. The third kappa shape index (κ3) is 55.0. The topological polar surface area (TPSA) is 63.6 Å². The maximum Gasteiger partial charge on any atom is 0.311 e. The highest BCUT2D eigenvalue weighted by Crippen LogP contribution is 2.19. The normalized spacial score (nSPS) is 8.24. The van der Waals surface area contributed by atoms with Gasteiger partial charge < -0.3 is 9.84 Å². The molecule has 0 radical (unpaired) electrons. The highest BCUT2D eigenvalue weighted by Gasteiger charge is 2.27. The van der Waals surface area contributed by atoms with E-state index in [0.717, 1.165) is 6.92 Å². The molecule has 0 heterocycles. The third-order valence-corrected chi connectivity index (χ3v) is 1.01. The number of ether oxygens (including phenoxy) is 1. The van der Waals surface area contributed by atoms with E-state index in [0.29, 0.717) is 0 Å². The number of aliphatic carboxylic acids is 1. The Hall–Kier alpha value is -1.06. The Kier molecular flexibility index (Phi) is 38.5. The molecule has 0 aromatic rings. The van der Waals surface area contributed by atoms with Crippen molar-refractivity contribution in [2.75, 3.05) is 0 Å². The summed E-state index contributed by atoms with van der Waals surface area (Å²) in [5.41, 5.74) is -0.766. The number of carboxylic acid groups (broad SMARTS) is 1. The zero-order valence-electron chi connectivity index (χ0n) is 12.7. The fourth-order valence-electron chi connectivity index (χ4n) is 0.431. The summed E-state index contributed by atoms with van der Waals surface area (Å²) in [6.45, 7) is 16.2. The summed E-state index contributed by atoms with van der Waals surface area (Å²) in [4.78, 5) is 20.3. The lowest BCUT2D eigenvalue weighted by Gasteiger charge is -2.25. The number of rotatable bonds is 0. The van der Waals surface area contributed by atoms with E-state index in [1.807, 2.05) is 55.4 Å². The average Bonchev–Trinajstić information content (AvgIpc) is 2.01. The second-order valence-corrected chi connectivity index (χ2v) is 5.27. The molecule has 0 aliphatic carbocycles. The van der Waals surface area contributed by atoms with Crippen LogP contribution in [-0.4, -0.2) is 22.6 Å². The quantitative estimate of drug-likeness (QED) is 0.554. The molecule has 21 heavy (non-hydrogen) atoms. The second kappa shape index (κ2) is 18.9. The van der Waals surface area contributed by atoms with E-state index in [9.17, 15) is 4.79 Å². The van der Waals surface area contributed by atoms with Crippen LogP contribution in [0.3, 0.4) is 0 Å². The molecule has 4 nitrogen and oxygen atoms in total. The molecule has 0 amide bonds. The van der Waals surface area contributed by atoms with Crippen LogP contribution in [0.25, 0.3) is 0 Å². The van der Waals surface area contributed by atoms with Crippen molar-refractivity contribution in [3.63, 3.8) is 0 Å². The van der Waals surface area contributed by atoms with Crippen LogP contribution in [0.5, 0.6) is 0 Å². The summed E-state index contributed by atoms with van der Waals surface area (Å²) in [6.07, 6.45) is 0. The summed E-state index contributed by atoms with van der Waals surface area (Å²) in [6, 6.07) is 0. The summed E-state index contributed by atoms with van der Waals surface area (Å²) in [5.74, 6) is -0.981. The van der Waals surface area contributed by atoms with E-state index in [1.165, 1.54) is 0 Å². The van der Waals surface area contributed by atoms with Gasteiger partial charge in [0.15, 0.2) is 0 Å². The van der Waals surface area contributed by atoms with E-state index in [4.69, 9.17) is 14.6 Å². The monoisotopic (exact) mass is 312 g/mol. The Balaban J connectivity index is -0.0000000344. The van der Waals surface area contributed by atoms with Gasteiger partial charge in [-0.2, -0.15) is 0 Å². The van der Waals surface area contributed by atoms with Crippen LogP contribution in [-0.2, 0) is 14.3 Å². The smallest absolute Gasteiger partial charge is 0.311 e. The molecule has 1 N–H and O–H groups in total. The molecule has 0 aromatic carbocycles. The molecule has 0 aliphatic heterocycles. The first-order chi connectivity index (χ1) is 7.36. The Labute approximate surface area is 135 Å². The number of hydrogen-bond donors (Lipinski definition) is 1. The molecule has 136 valence electrons. The van der Waals surface area contributed by atoms with Crippen LogP contribution in [0.4, 0.5) is 0 Å². The lowest BCUT2D eigenvalue weighted by atomic mass is 9.97. The molecule has 0 saturated carbocycles. The summed E-state index contributed by atoms with van der Waals surface area (Å²) in [5, 5.41) is 7.42. The van der Waals surface area contributed by atoms with Gasteiger partial charge in [0.25, 0.3) is 5.97 Å². The molecule has 4 heteroatoms. The van der Waals surface area contributed by atoms with Gasteiger partial charge in [0.05, 0.1) is 5.41 Å². The predicted octanol–water partition coefficient (Wildman–Crippen LogP) is 6.04. The van der Waals surface area contributed by atoms with Crippen LogP contribution >= 0.6 is 0 Å². The molecule has 0 unspecified atom stereocenters. The largest absolute Gasteiger partial charge is 0.481 e. The zero-order valence-corrected chi connectivity index (χ0v) is 12.7. The molecular formula is C17H44O4. The maximum atomic E-state index is 11.3. The van der Waals surface area contributed by atoms with Crippen molar-refractivity contribution in [1.29, 1.82) is 0 Å². The van der Waals surface area contributed by atoms with Crippen LogP contribution in [0.2, 0.25) is 0 Å². The molecule has 0 atom stereocenters. The zero-order chi connectivity index (χ0) is 14.9. The minimum atomic E-state index is -0.833. The van der Waals surface area contributed by atoms with Crippen molar-refractivity contribution in [2.24, 2.45) is 5.41 Å². The number of hydrogen-bond acceptors (Lipinski definition) is 3. The molecule has 0 rings (SSSR count). The van der Waals surface area contributed by atoms with Gasteiger partial charge in [0.2, 0.25) is 0 Å². The van der Waals surface area contributed by atoms with Gasteiger partial charge in [-0.15, -0.1) is 0 Å². The molecule has 0 spiro atoms. The average molecular weight is 313 g/mol. The van der Waals surface area contributed by atoms with Gasteiger partial charge in [0, 0.05) is 6.92 Å². The Morgan fingerprint density at radius 1 is 0.810 bits per heavy atom. The van der Waals surface area contributed by atoms with Crippen LogP contribution < -0.4 is 0 Å².